The quantitative estimate of drug-likeness (QED) is 0.399. The van der Waals surface area contributed by atoms with Gasteiger partial charge in [-0.15, -0.1) is 11.3 Å². The van der Waals surface area contributed by atoms with Crippen molar-refractivity contribution in [2.24, 2.45) is 0 Å². The molecule has 2 amide bonds. The van der Waals surface area contributed by atoms with Crippen LogP contribution in [0.1, 0.15) is 78.3 Å². The van der Waals surface area contributed by atoms with Gasteiger partial charge in [-0.1, -0.05) is 45.0 Å². The molecule has 2 aromatic rings. The summed E-state index contributed by atoms with van der Waals surface area (Å²) in [5, 5.41) is 3.09. The number of amides is 2. The Morgan fingerprint density at radius 3 is 2.18 bits per heavy atom. The largest absolute Gasteiger partial charge is 0.462 e. The fraction of sp³-hybridized carbons (Fsp3) is 0.423. The van der Waals surface area contributed by atoms with Gasteiger partial charge in [0.15, 0.2) is 0 Å². The predicted octanol–water partition coefficient (Wildman–Crippen LogP) is 5.66. The molecule has 0 atom stereocenters. The van der Waals surface area contributed by atoms with Gasteiger partial charge in [0.2, 0.25) is 5.91 Å². The summed E-state index contributed by atoms with van der Waals surface area (Å²) in [7, 11) is 0. The molecular formula is C26H34N2O4S. The van der Waals surface area contributed by atoms with E-state index in [-0.39, 0.29) is 29.4 Å². The fourth-order valence-corrected chi connectivity index (χ4v) is 4.49. The van der Waals surface area contributed by atoms with Gasteiger partial charge in [-0.3, -0.25) is 9.59 Å². The maximum Gasteiger partial charge on any atom is 0.341 e. The lowest BCUT2D eigenvalue weighted by atomic mass is 9.87. The molecule has 0 aliphatic heterocycles. The van der Waals surface area contributed by atoms with Gasteiger partial charge >= 0.3 is 5.97 Å². The smallest absolute Gasteiger partial charge is 0.341 e. The number of anilines is 1. The molecule has 0 saturated heterocycles. The number of hydrogen-bond donors (Lipinski definition) is 1. The summed E-state index contributed by atoms with van der Waals surface area (Å²) < 4.78 is 5.18. The third-order valence-electron chi connectivity index (χ3n) is 5.31. The number of nitrogens with one attached hydrogen (secondary N) is 1. The van der Waals surface area contributed by atoms with E-state index in [1.807, 2.05) is 38.1 Å². The van der Waals surface area contributed by atoms with E-state index in [9.17, 15) is 14.4 Å². The number of ether oxygens (including phenoxy) is 1. The summed E-state index contributed by atoms with van der Waals surface area (Å²) in [6, 6.07) is 8.02. The zero-order valence-electron chi connectivity index (χ0n) is 20.6. The molecule has 1 heterocycles. The molecule has 33 heavy (non-hydrogen) atoms. The molecule has 2 rings (SSSR count). The van der Waals surface area contributed by atoms with E-state index in [1.54, 1.807) is 24.8 Å². The highest BCUT2D eigenvalue weighted by Gasteiger charge is 2.28. The monoisotopic (exact) mass is 470 g/mol. The number of esters is 1. The zero-order valence-corrected chi connectivity index (χ0v) is 21.4. The predicted molar refractivity (Wildman–Crippen MR) is 135 cm³/mol. The lowest BCUT2D eigenvalue weighted by Gasteiger charge is -2.18. The van der Waals surface area contributed by atoms with Crippen LogP contribution in [0.25, 0.3) is 6.08 Å². The molecule has 1 aromatic carbocycles. The Balaban J connectivity index is 2.30. The van der Waals surface area contributed by atoms with E-state index in [0.717, 1.165) is 16.9 Å². The molecule has 0 aliphatic carbocycles. The normalized spacial score (nSPS) is 11.5. The summed E-state index contributed by atoms with van der Waals surface area (Å²) in [6.45, 7) is 15.0. The Kier molecular flexibility index (Phi) is 8.99. The van der Waals surface area contributed by atoms with Gasteiger partial charge in [0.05, 0.1) is 17.0 Å². The third-order valence-corrected chi connectivity index (χ3v) is 6.51. The van der Waals surface area contributed by atoms with E-state index in [1.165, 1.54) is 11.6 Å². The van der Waals surface area contributed by atoms with Crippen molar-refractivity contribution in [3.63, 3.8) is 0 Å². The van der Waals surface area contributed by atoms with Gasteiger partial charge in [-0.2, -0.15) is 0 Å². The molecule has 0 radical (unpaired) electrons. The number of thiophene rings is 1. The molecule has 0 spiro atoms. The second-order valence-electron chi connectivity index (χ2n) is 8.65. The number of nitrogens with zero attached hydrogens (tertiary/aromatic N) is 1. The fourth-order valence-electron chi connectivity index (χ4n) is 3.33. The average molecular weight is 471 g/mol. The lowest BCUT2D eigenvalue weighted by Crippen LogP contribution is -2.30. The van der Waals surface area contributed by atoms with Crippen molar-refractivity contribution in [2.75, 3.05) is 25.0 Å². The van der Waals surface area contributed by atoms with Gasteiger partial charge in [0.1, 0.15) is 5.00 Å². The van der Waals surface area contributed by atoms with Crippen molar-refractivity contribution in [3.05, 3.63) is 57.5 Å². The average Bonchev–Trinajstić information content (AvgIpc) is 3.08. The minimum atomic E-state index is -0.554. The molecular weight excluding hydrogens is 436 g/mol. The minimum absolute atomic E-state index is 0.0560. The van der Waals surface area contributed by atoms with Gasteiger partial charge in [0.25, 0.3) is 5.91 Å². The zero-order chi connectivity index (χ0) is 24.8. The molecule has 1 aromatic heterocycles. The molecule has 0 fully saturated rings. The van der Waals surface area contributed by atoms with Crippen LogP contribution in [0.2, 0.25) is 0 Å². The first kappa shape index (κ1) is 26.3. The maximum absolute atomic E-state index is 12.9. The Bertz CT molecular complexity index is 1030. The van der Waals surface area contributed by atoms with Crippen molar-refractivity contribution in [2.45, 2.75) is 53.9 Å². The van der Waals surface area contributed by atoms with Crippen molar-refractivity contribution >= 4 is 40.2 Å². The summed E-state index contributed by atoms with van der Waals surface area (Å²) in [5.41, 5.74) is 2.91. The van der Waals surface area contributed by atoms with E-state index in [2.05, 4.69) is 26.1 Å². The van der Waals surface area contributed by atoms with Crippen molar-refractivity contribution in [1.29, 1.82) is 0 Å². The molecule has 0 aliphatic rings. The van der Waals surface area contributed by atoms with Crippen LogP contribution in [0.4, 0.5) is 5.00 Å². The summed E-state index contributed by atoms with van der Waals surface area (Å²) >= 11 is 1.10. The third kappa shape index (κ3) is 6.54. The first-order valence-corrected chi connectivity index (χ1v) is 12.0. The highest BCUT2D eigenvalue weighted by Crippen LogP contribution is 2.34. The Morgan fingerprint density at radius 2 is 1.67 bits per heavy atom. The van der Waals surface area contributed by atoms with Crippen LogP contribution in [0, 0.1) is 6.92 Å². The van der Waals surface area contributed by atoms with Crippen molar-refractivity contribution in [3.8, 4) is 0 Å². The van der Waals surface area contributed by atoms with Gasteiger partial charge < -0.3 is 15.0 Å². The Hall–Kier alpha value is -2.93. The second-order valence-corrected chi connectivity index (χ2v) is 9.67. The van der Waals surface area contributed by atoms with Crippen molar-refractivity contribution < 1.29 is 19.1 Å². The summed E-state index contributed by atoms with van der Waals surface area (Å²) in [6.07, 6.45) is 3.14. The molecule has 1 N–H and O–H groups in total. The molecule has 6 nitrogen and oxygen atoms in total. The van der Waals surface area contributed by atoms with E-state index in [4.69, 9.17) is 4.74 Å². The highest BCUT2D eigenvalue weighted by atomic mass is 32.1. The van der Waals surface area contributed by atoms with Crippen molar-refractivity contribution in [1.82, 2.24) is 4.90 Å². The van der Waals surface area contributed by atoms with Crippen LogP contribution in [-0.2, 0) is 14.9 Å². The lowest BCUT2D eigenvalue weighted by molar-refractivity contribution is -0.111. The molecule has 0 saturated carbocycles. The van der Waals surface area contributed by atoms with Crippen LogP contribution in [0.5, 0.6) is 0 Å². The van der Waals surface area contributed by atoms with Gasteiger partial charge in [0, 0.05) is 19.2 Å². The first-order valence-electron chi connectivity index (χ1n) is 11.2. The number of rotatable bonds is 8. The highest BCUT2D eigenvalue weighted by molar-refractivity contribution is 7.18. The number of carbonyl (C=O) groups is 3. The topological polar surface area (TPSA) is 75.7 Å². The molecule has 178 valence electrons. The molecule has 7 heteroatoms. The maximum atomic E-state index is 12.9. The van der Waals surface area contributed by atoms with E-state index < -0.39 is 5.97 Å². The molecule has 0 unspecified atom stereocenters. The summed E-state index contributed by atoms with van der Waals surface area (Å²) in [4.78, 5) is 40.3. The van der Waals surface area contributed by atoms with Gasteiger partial charge in [-0.05, 0) is 55.9 Å². The number of hydrogen-bond acceptors (Lipinski definition) is 5. The first-order chi connectivity index (χ1) is 15.5. The van der Waals surface area contributed by atoms with Crippen LogP contribution in [0.15, 0.2) is 30.3 Å². The SMILES string of the molecule is CCOC(=O)c1c(NC(=O)/C=C/c2ccc(C(C)(C)C)cc2)sc(C(=O)N(CC)CC)c1C. The van der Waals surface area contributed by atoms with Crippen LogP contribution < -0.4 is 5.32 Å². The number of benzene rings is 1. The Morgan fingerprint density at radius 1 is 1.06 bits per heavy atom. The van der Waals surface area contributed by atoms with Crippen LogP contribution in [0.3, 0.4) is 0 Å². The number of carbonyl (C=O) groups excluding carboxylic acids is 3. The minimum Gasteiger partial charge on any atom is -0.462 e. The van der Waals surface area contributed by atoms with Crippen LogP contribution in [-0.4, -0.2) is 42.4 Å². The van der Waals surface area contributed by atoms with E-state index >= 15 is 0 Å². The van der Waals surface area contributed by atoms with Crippen LogP contribution >= 0.6 is 11.3 Å². The summed E-state index contributed by atoms with van der Waals surface area (Å²) in [5.74, 6) is -1.10. The van der Waals surface area contributed by atoms with E-state index in [0.29, 0.717) is 28.5 Å². The second kappa shape index (κ2) is 11.3. The standard InChI is InChI=1S/C26H34N2O4S/c1-8-28(9-2)24(30)22-17(4)21(25(31)32-10-3)23(33-22)27-20(29)16-13-18-11-14-19(15-12-18)26(5,6)7/h11-16H,8-10H2,1-7H3,(H,27,29)/b16-13+. The molecule has 0 bridgehead atoms. The van der Waals surface area contributed by atoms with Gasteiger partial charge in [-0.25, -0.2) is 4.79 Å². The Labute approximate surface area is 200 Å².